The van der Waals surface area contributed by atoms with Crippen LogP contribution >= 0.6 is 0 Å². The van der Waals surface area contributed by atoms with Gasteiger partial charge in [0.15, 0.2) is 0 Å². The van der Waals surface area contributed by atoms with E-state index in [1.165, 1.54) is 25.7 Å². The number of hydrogen-bond acceptors (Lipinski definition) is 3. The monoisotopic (exact) mass is 716 g/mol. The molecule has 1 aromatic heterocycles. The van der Waals surface area contributed by atoms with Crippen LogP contribution in [0.4, 0.5) is 0 Å². The van der Waals surface area contributed by atoms with Gasteiger partial charge in [-0.3, -0.25) is 4.98 Å². The molecule has 4 aromatic rings. The summed E-state index contributed by atoms with van der Waals surface area (Å²) in [4.78, 5) is 4.79. The molecule has 0 spiro atoms. The van der Waals surface area contributed by atoms with E-state index < -0.39 is 0 Å². The van der Waals surface area contributed by atoms with Gasteiger partial charge in [-0.25, -0.2) is 0 Å². The summed E-state index contributed by atoms with van der Waals surface area (Å²) in [5.74, 6) is 1.50. The zero-order chi connectivity index (χ0) is 27.6. The number of nitrogens with zero attached hydrogens (tertiary/aromatic N) is 2. The number of benzene rings is 3. The van der Waals surface area contributed by atoms with Crippen molar-refractivity contribution in [1.29, 1.82) is 0 Å². The zero-order valence-corrected chi connectivity index (χ0v) is 26.6. The van der Waals surface area contributed by atoms with E-state index in [0.29, 0.717) is 5.92 Å². The Morgan fingerprint density at radius 2 is 1.35 bits per heavy atom. The molecule has 2 N–H and O–H groups in total. The van der Waals surface area contributed by atoms with Crippen LogP contribution in [-0.2, 0) is 20.1 Å². The van der Waals surface area contributed by atoms with Gasteiger partial charge in [-0.15, -0.1) is 35.9 Å². The first-order valence-electron chi connectivity index (χ1n) is 14.6. The quantitative estimate of drug-likeness (QED) is 0.208. The van der Waals surface area contributed by atoms with Crippen LogP contribution in [-0.4, -0.2) is 32.0 Å². The Bertz CT molecular complexity index is 1340. The number of rotatable bonds is 2. The van der Waals surface area contributed by atoms with Gasteiger partial charge in [0.2, 0.25) is 0 Å². The summed E-state index contributed by atoms with van der Waals surface area (Å²) < 4.78 is 2.18. The minimum absolute atomic E-state index is 0. The summed E-state index contributed by atoms with van der Waals surface area (Å²) in [5.41, 5.74) is 4.10. The molecule has 5 heteroatoms. The van der Waals surface area contributed by atoms with Crippen LogP contribution < -0.4 is 0 Å². The molecule has 0 bridgehead atoms. The van der Waals surface area contributed by atoms with E-state index in [9.17, 15) is 10.2 Å². The van der Waals surface area contributed by atoms with Crippen LogP contribution in [0.1, 0.15) is 66.2 Å². The zero-order valence-electron chi connectivity index (χ0n) is 24.2. The van der Waals surface area contributed by atoms with Crippen molar-refractivity contribution in [3.05, 3.63) is 84.9 Å². The fourth-order valence-corrected chi connectivity index (χ4v) is 6.77. The van der Waals surface area contributed by atoms with Gasteiger partial charge in [0, 0.05) is 31.7 Å². The fourth-order valence-electron chi connectivity index (χ4n) is 6.77. The molecule has 2 fully saturated rings. The molecule has 0 amide bonds. The maximum Gasteiger partial charge on any atom is 0.0774 e. The first-order chi connectivity index (χ1) is 18.7. The maximum atomic E-state index is 10.8. The second kappa shape index (κ2) is 12.7. The Labute approximate surface area is 253 Å². The summed E-state index contributed by atoms with van der Waals surface area (Å²) in [7, 11) is 0. The van der Waals surface area contributed by atoms with Crippen molar-refractivity contribution in [3.8, 4) is 17.1 Å². The van der Waals surface area contributed by atoms with E-state index >= 15 is 0 Å². The molecular formula is C35H43IrN2O2-. The molecule has 2 atom stereocenters. The minimum Gasteiger partial charge on any atom is -0.392 e. The number of aliphatic hydroxyl groups excluding tert-OH is 2. The molecule has 215 valence electrons. The van der Waals surface area contributed by atoms with Crippen LogP contribution in [0, 0.1) is 28.7 Å². The molecule has 4 nitrogen and oxygen atoms in total. The Balaban J connectivity index is 0.000000183. The average molecular weight is 716 g/mol. The van der Waals surface area contributed by atoms with Crippen LogP contribution in [0.3, 0.4) is 0 Å². The minimum atomic E-state index is -0.364. The van der Waals surface area contributed by atoms with Crippen molar-refractivity contribution in [2.45, 2.75) is 78.4 Å². The van der Waals surface area contributed by atoms with E-state index in [4.69, 9.17) is 4.98 Å². The number of aliphatic hydroxyl groups is 2. The molecule has 2 aliphatic carbocycles. The maximum absolute atomic E-state index is 10.8. The van der Waals surface area contributed by atoms with Gasteiger partial charge in [-0.2, -0.15) is 0 Å². The molecule has 2 saturated carbocycles. The van der Waals surface area contributed by atoms with Crippen molar-refractivity contribution >= 4 is 11.0 Å². The van der Waals surface area contributed by atoms with Gasteiger partial charge < -0.3 is 14.8 Å². The van der Waals surface area contributed by atoms with Crippen LogP contribution in [0.5, 0.6) is 0 Å². The van der Waals surface area contributed by atoms with Gasteiger partial charge in [0.05, 0.1) is 29.1 Å². The van der Waals surface area contributed by atoms with E-state index in [-0.39, 0.29) is 49.1 Å². The standard InChI is InChI=1S/C19H13N2.C16H30O2.Ir/c1-3-9-15(10-4-1)19-20-17-13-7-8-14-18(17)21(19)16-11-5-2-6-12-16;1-15(2)9-5-7-11-8-6-10-16(3,4)14(18)12(11)13(15)17;/h1-9,11-14H;11-14,17-18H,5-10H2,1-4H3;/q-1;;. The van der Waals surface area contributed by atoms with Gasteiger partial charge in [0.25, 0.3) is 0 Å². The first-order valence-corrected chi connectivity index (χ1v) is 14.6. The Hall–Kier alpha value is -2.30. The van der Waals surface area contributed by atoms with Gasteiger partial charge in [-0.1, -0.05) is 70.9 Å². The van der Waals surface area contributed by atoms with Gasteiger partial charge in [0.1, 0.15) is 0 Å². The van der Waals surface area contributed by atoms with Crippen molar-refractivity contribution in [3.63, 3.8) is 0 Å². The molecule has 2 unspecified atom stereocenters. The smallest absolute Gasteiger partial charge is 0.0774 e. The van der Waals surface area contributed by atoms with Crippen LogP contribution in [0.25, 0.3) is 28.1 Å². The third-order valence-electron chi connectivity index (χ3n) is 9.19. The molecule has 0 aliphatic heterocycles. The molecule has 1 radical (unpaired) electrons. The average Bonchev–Trinajstić information content (AvgIpc) is 3.23. The molecule has 0 saturated heterocycles. The van der Waals surface area contributed by atoms with Crippen molar-refractivity contribution in [1.82, 2.24) is 9.55 Å². The van der Waals surface area contributed by atoms with E-state index in [2.05, 4.69) is 56.5 Å². The molecule has 1 heterocycles. The van der Waals surface area contributed by atoms with Crippen LogP contribution in [0.15, 0.2) is 78.9 Å². The largest absolute Gasteiger partial charge is 0.392 e. The third kappa shape index (κ3) is 6.28. The predicted octanol–water partition coefficient (Wildman–Crippen LogP) is 7.85. The molecule has 2 aliphatic rings. The predicted molar refractivity (Wildman–Crippen MR) is 160 cm³/mol. The van der Waals surface area contributed by atoms with E-state index in [0.717, 1.165) is 41.0 Å². The summed E-state index contributed by atoms with van der Waals surface area (Å²) in [6.45, 7) is 8.63. The Morgan fingerprint density at radius 1 is 0.775 bits per heavy atom. The molecule has 3 aromatic carbocycles. The Kier molecular flexibility index (Phi) is 9.73. The SMILES string of the molecule is CC1(C)CCCC2CCCC(C)(C)C(O)C2C1O.[Ir].[c-]1ccccc1-c1nc2ccccc2n1-c1ccccc1. The van der Waals surface area contributed by atoms with Crippen molar-refractivity contribution in [2.24, 2.45) is 22.7 Å². The number of hydrogen-bond donors (Lipinski definition) is 2. The first kappa shape index (κ1) is 30.7. The number of aromatic nitrogens is 2. The number of imidazole rings is 1. The van der Waals surface area contributed by atoms with Crippen molar-refractivity contribution < 1.29 is 30.3 Å². The number of para-hydroxylation sites is 3. The summed E-state index contributed by atoms with van der Waals surface area (Å²) >= 11 is 0. The summed E-state index contributed by atoms with van der Waals surface area (Å²) in [5, 5.41) is 21.6. The second-order valence-corrected chi connectivity index (χ2v) is 12.9. The fraction of sp³-hybridized carbons (Fsp3) is 0.457. The topological polar surface area (TPSA) is 58.3 Å². The Morgan fingerprint density at radius 3 is 1.95 bits per heavy atom. The third-order valence-corrected chi connectivity index (χ3v) is 9.19. The number of fused-ring (bicyclic) bond motifs is 2. The van der Waals surface area contributed by atoms with Gasteiger partial charge >= 0.3 is 0 Å². The van der Waals surface area contributed by atoms with Gasteiger partial charge in [-0.05, 0) is 66.7 Å². The van der Waals surface area contributed by atoms with E-state index in [1.807, 2.05) is 60.7 Å². The molecule has 6 rings (SSSR count). The van der Waals surface area contributed by atoms with Crippen LogP contribution in [0.2, 0.25) is 0 Å². The molecular weight excluding hydrogens is 673 g/mol. The molecule has 40 heavy (non-hydrogen) atoms. The second-order valence-electron chi connectivity index (χ2n) is 12.9. The normalized spacial score (nSPS) is 25.4. The van der Waals surface area contributed by atoms with Crippen molar-refractivity contribution in [2.75, 3.05) is 0 Å². The van der Waals surface area contributed by atoms with E-state index in [1.54, 1.807) is 0 Å². The summed E-state index contributed by atoms with van der Waals surface area (Å²) in [6, 6.07) is 29.7. The summed E-state index contributed by atoms with van der Waals surface area (Å²) in [6.07, 6.45) is 6.17.